The highest BCUT2D eigenvalue weighted by Gasteiger charge is 2.12. The van der Waals surface area contributed by atoms with E-state index < -0.39 is 5.97 Å². The van der Waals surface area contributed by atoms with Crippen LogP contribution in [-0.4, -0.2) is 16.1 Å². The molecule has 1 aromatic heterocycles. The van der Waals surface area contributed by atoms with Gasteiger partial charge < -0.3 is 9.84 Å². The molecule has 0 spiro atoms. The Bertz CT molecular complexity index is 619. The molecule has 0 radical (unpaired) electrons. The summed E-state index contributed by atoms with van der Waals surface area (Å²) in [5.74, 6) is -0.749. The van der Waals surface area contributed by atoms with E-state index in [1.165, 1.54) is 12.3 Å². The van der Waals surface area contributed by atoms with Crippen molar-refractivity contribution in [1.82, 2.24) is 4.98 Å². The Morgan fingerprint density at radius 1 is 1.42 bits per heavy atom. The number of rotatable bonds is 4. The number of aromatic nitrogens is 1. The topological polar surface area (TPSA) is 59.4 Å². The number of aromatic carboxylic acids is 1. The van der Waals surface area contributed by atoms with E-state index >= 15 is 0 Å². The predicted molar refractivity (Wildman–Crippen MR) is 74.7 cm³/mol. The lowest BCUT2D eigenvalue weighted by molar-refractivity contribution is 0.0691. The first-order valence-electron chi connectivity index (χ1n) is 5.32. The van der Waals surface area contributed by atoms with E-state index in [0.29, 0.717) is 15.2 Å². The SMILES string of the molecule is O=C(O)c1cc(Br)ccc1OCc1ccncc1Cl. The molecule has 0 saturated carbocycles. The van der Waals surface area contributed by atoms with Crippen molar-refractivity contribution in [3.05, 3.63) is 57.3 Å². The number of nitrogens with zero attached hydrogens (tertiary/aromatic N) is 1. The van der Waals surface area contributed by atoms with Crippen LogP contribution in [0.15, 0.2) is 41.1 Å². The van der Waals surface area contributed by atoms with Crippen molar-refractivity contribution < 1.29 is 14.6 Å². The smallest absolute Gasteiger partial charge is 0.339 e. The third-order valence-corrected chi connectivity index (χ3v) is 3.25. The Balaban J connectivity index is 2.20. The average Bonchev–Trinajstić information content (AvgIpc) is 2.38. The number of carboxylic acids is 1. The van der Waals surface area contributed by atoms with E-state index in [0.717, 1.165) is 5.56 Å². The number of benzene rings is 1. The Morgan fingerprint density at radius 2 is 2.21 bits per heavy atom. The molecule has 1 N–H and O–H groups in total. The molecule has 0 atom stereocenters. The second-order valence-electron chi connectivity index (χ2n) is 3.70. The number of halogens is 2. The molecule has 0 aliphatic rings. The van der Waals surface area contributed by atoms with Gasteiger partial charge in [0.15, 0.2) is 0 Å². The quantitative estimate of drug-likeness (QED) is 0.918. The molecule has 0 amide bonds. The first kappa shape index (κ1) is 13.8. The van der Waals surface area contributed by atoms with Crippen molar-refractivity contribution in [1.29, 1.82) is 0 Å². The Morgan fingerprint density at radius 3 is 2.89 bits per heavy atom. The van der Waals surface area contributed by atoms with E-state index in [4.69, 9.17) is 21.4 Å². The minimum absolute atomic E-state index is 0.0968. The fourth-order valence-corrected chi connectivity index (χ4v) is 2.01. The van der Waals surface area contributed by atoms with Crippen LogP contribution in [0.2, 0.25) is 5.02 Å². The molecule has 4 nitrogen and oxygen atoms in total. The minimum atomic E-state index is -1.04. The number of hydrogen-bond donors (Lipinski definition) is 1. The summed E-state index contributed by atoms with van der Waals surface area (Å²) in [5, 5.41) is 9.59. The Hall–Kier alpha value is -1.59. The molecule has 2 aromatic rings. The van der Waals surface area contributed by atoms with Crippen molar-refractivity contribution in [2.75, 3.05) is 0 Å². The Kier molecular flexibility index (Phi) is 4.39. The average molecular weight is 343 g/mol. The molecule has 1 aromatic carbocycles. The Labute approximate surface area is 123 Å². The summed E-state index contributed by atoms with van der Waals surface area (Å²) < 4.78 is 6.19. The van der Waals surface area contributed by atoms with Gasteiger partial charge in [0.2, 0.25) is 0 Å². The van der Waals surface area contributed by atoms with Gasteiger partial charge in [0.25, 0.3) is 0 Å². The number of pyridine rings is 1. The highest BCUT2D eigenvalue weighted by molar-refractivity contribution is 9.10. The molecule has 1 heterocycles. The van der Waals surface area contributed by atoms with Gasteiger partial charge in [0.1, 0.15) is 17.9 Å². The van der Waals surface area contributed by atoms with Crippen molar-refractivity contribution >= 4 is 33.5 Å². The summed E-state index contributed by atoms with van der Waals surface area (Å²) in [6.45, 7) is 0.184. The van der Waals surface area contributed by atoms with Gasteiger partial charge in [-0.15, -0.1) is 0 Å². The van der Waals surface area contributed by atoms with E-state index in [-0.39, 0.29) is 12.2 Å². The summed E-state index contributed by atoms with van der Waals surface area (Å²) in [7, 11) is 0. The van der Waals surface area contributed by atoms with Crippen LogP contribution in [0.4, 0.5) is 0 Å². The van der Waals surface area contributed by atoms with Crippen LogP contribution in [0.1, 0.15) is 15.9 Å². The van der Waals surface area contributed by atoms with Gasteiger partial charge in [-0.05, 0) is 24.3 Å². The van der Waals surface area contributed by atoms with Gasteiger partial charge in [-0.1, -0.05) is 27.5 Å². The van der Waals surface area contributed by atoms with Crippen LogP contribution >= 0.6 is 27.5 Å². The molecule has 6 heteroatoms. The third kappa shape index (κ3) is 3.45. The molecule has 0 saturated heterocycles. The predicted octanol–water partition coefficient (Wildman–Crippen LogP) is 3.77. The zero-order chi connectivity index (χ0) is 13.8. The van der Waals surface area contributed by atoms with Gasteiger partial charge in [-0.25, -0.2) is 4.79 Å². The van der Waals surface area contributed by atoms with Crippen LogP contribution in [0.25, 0.3) is 0 Å². The maximum absolute atomic E-state index is 11.1. The zero-order valence-corrected chi connectivity index (χ0v) is 12.0. The van der Waals surface area contributed by atoms with Crippen molar-refractivity contribution in [2.24, 2.45) is 0 Å². The molecular formula is C13H9BrClNO3. The molecule has 2 rings (SSSR count). The second-order valence-corrected chi connectivity index (χ2v) is 5.02. The molecule has 0 unspecified atom stereocenters. The lowest BCUT2D eigenvalue weighted by atomic mass is 10.2. The van der Waals surface area contributed by atoms with E-state index in [1.54, 1.807) is 24.4 Å². The standard InChI is InChI=1S/C13H9BrClNO3/c14-9-1-2-12(10(5-9)13(17)18)19-7-8-3-4-16-6-11(8)15/h1-6H,7H2,(H,17,18). The molecule has 0 aliphatic carbocycles. The van der Waals surface area contributed by atoms with Crippen molar-refractivity contribution in [2.45, 2.75) is 6.61 Å². The fraction of sp³-hybridized carbons (Fsp3) is 0.0769. The van der Waals surface area contributed by atoms with Crippen molar-refractivity contribution in [3.63, 3.8) is 0 Å². The molecule has 0 fully saturated rings. The first-order chi connectivity index (χ1) is 9.08. The van der Waals surface area contributed by atoms with Crippen molar-refractivity contribution in [3.8, 4) is 5.75 Å². The number of carboxylic acid groups (broad SMARTS) is 1. The largest absolute Gasteiger partial charge is 0.488 e. The van der Waals surface area contributed by atoms with Gasteiger partial charge in [0, 0.05) is 22.4 Å². The third-order valence-electron chi connectivity index (χ3n) is 2.41. The highest BCUT2D eigenvalue weighted by atomic mass is 79.9. The van der Waals surface area contributed by atoms with Crippen LogP contribution in [0, 0.1) is 0 Å². The normalized spacial score (nSPS) is 10.2. The lowest BCUT2D eigenvalue weighted by Gasteiger charge is -2.10. The van der Waals surface area contributed by atoms with Gasteiger partial charge in [-0.2, -0.15) is 0 Å². The van der Waals surface area contributed by atoms with Crippen LogP contribution < -0.4 is 4.74 Å². The van der Waals surface area contributed by atoms with Crippen LogP contribution in [0.3, 0.4) is 0 Å². The van der Waals surface area contributed by atoms with Gasteiger partial charge in [-0.3, -0.25) is 4.98 Å². The molecule has 0 bridgehead atoms. The lowest BCUT2D eigenvalue weighted by Crippen LogP contribution is -2.04. The molecular weight excluding hydrogens is 334 g/mol. The maximum atomic E-state index is 11.1. The fourth-order valence-electron chi connectivity index (χ4n) is 1.47. The van der Waals surface area contributed by atoms with E-state index in [2.05, 4.69) is 20.9 Å². The highest BCUT2D eigenvalue weighted by Crippen LogP contribution is 2.25. The number of ether oxygens (including phenoxy) is 1. The van der Waals surface area contributed by atoms with Gasteiger partial charge in [0.05, 0.1) is 5.02 Å². The summed E-state index contributed by atoms with van der Waals surface area (Å²) in [4.78, 5) is 15.0. The maximum Gasteiger partial charge on any atom is 0.339 e. The number of hydrogen-bond acceptors (Lipinski definition) is 3. The summed E-state index contributed by atoms with van der Waals surface area (Å²) in [6.07, 6.45) is 3.12. The van der Waals surface area contributed by atoms with E-state index in [1.807, 2.05) is 0 Å². The summed E-state index contributed by atoms with van der Waals surface area (Å²) >= 11 is 9.18. The molecule has 98 valence electrons. The van der Waals surface area contributed by atoms with Gasteiger partial charge >= 0.3 is 5.97 Å². The summed E-state index contributed by atoms with van der Waals surface area (Å²) in [5.41, 5.74) is 0.843. The zero-order valence-electron chi connectivity index (χ0n) is 9.64. The summed E-state index contributed by atoms with van der Waals surface area (Å²) in [6, 6.07) is 6.53. The number of carbonyl (C=O) groups is 1. The monoisotopic (exact) mass is 341 g/mol. The van der Waals surface area contributed by atoms with E-state index in [9.17, 15) is 4.79 Å². The van der Waals surface area contributed by atoms with Crippen LogP contribution in [0.5, 0.6) is 5.75 Å². The molecule has 19 heavy (non-hydrogen) atoms. The first-order valence-corrected chi connectivity index (χ1v) is 6.49. The minimum Gasteiger partial charge on any atom is -0.488 e. The molecule has 0 aliphatic heterocycles. The van der Waals surface area contributed by atoms with Crippen LogP contribution in [-0.2, 0) is 6.61 Å². The second kappa shape index (κ2) is 6.04.